The molecule has 2 heteroatoms. The predicted molar refractivity (Wildman–Crippen MR) is 175 cm³/mol. The molecule has 2 aromatic carbocycles. The highest BCUT2D eigenvalue weighted by Gasteiger charge is 2.38. The third-order valence-electron chi connectivity index (χ3n) is 7.48. The van der Waals surface area contributed by atoms with E-state index in [1.54, 1.807) is 10.6 Å². The second kappa shape index (κ2) is 16.6. The van der Waals surface area contributed by atoms with Gasteiger partial charge in [0.2, 0.25) is 0 Å². The normalized spacial score (nSPS) is 12.7. The zero-order valence-corrected chi connectivity index (χ0v) is 26.1. The standard InChI is InChI=1S/C34H54P2/c1-7-25-35(26-8-2,27-9-3)33-21-17-31(18-22-33)15-13-14-16-32-19-23-34(24-20-32)36(28-10-4,29-11-5)30-12-6/h13-24H,7-12,25-30H2,1-6H3/q+2. The fourth-order valence-electron chi connectivity index (χ4n) is 6.15. The molecule has 0 bridgehead atoms. The average Bonchev–Trinajstić information content (AvgIpc) is 2.88. The van der Waals surface area contributed by atoms with Crippen molar-refractivity contribution in [1.82, 2.24) is 0 Å². The molecular weight excluding hydrogens is 470 g/mol. The first-order valence-electron chi connectivity index (χ1n) is 14.8. The van der Waals surface area contributed by atoms with Gasteiger partial charge in [0.05, 0.1) is 47.6 Å². The van der Waals surface area contributed by atoms with Gasteiger partial charge < -0.3 is 0 Å². The fraction of sp³-hybridized carbons (Fsp3) is 0.529. The van der Waals surface area contributed by atoms with Gasteiger partial charge >= 0.3 is 0 Å². The fourth-order valence-corrected chi connectivity index (χ4v) is 15.7. The van der Waals surface area contributed by atoms with Gasteiger partial charge in [-0.05, 0) is 73.9 Å². The van der Waals surface area contributed by atoms with E-state index in [1.165, 1.54) is 86.6 Å². The summed E-state index contributed by atoms with van der Waals surface area (Å²) in [6, 6.07) is 19.1. The minimum atomic E-state index is -1.01. The summed E-state index contributed by atoms with van der Waals surface area (Å²) in [7, 11) is -2.01. The topological polar surface area (TPSA) is 0 Å². The average molecular weight is 525 g/mol. The lowest BCUT2D eigenvalue weighted by Gasteiger charge is -2.27. The van der Waals surface area contributed by atoms with E-state index in [9.17, 15) is 0 Å². The zero-order chi connectivity index (χ0) is 26.3. The van der Waals surface area contributed by atoms with Gasteiger partial charge in [-0.3, -0.25) is 0 Å². The van der Waals surface area contributed by atoms with Crippen LogP contribution in [-0.4, -0.2) is 37.0 Å². The lowest BCUT2D eigenvalue weighted by atomic mass is 10.2. The monoisotopic (exact) mass is 524 g/mol. The van der Waals surface area contributed by atoms with Crippen LogP contribution in [0.1, 0.15) is 91.2 Å². The molecule has 0 amide bonds. The van der Waals surface area contributed by atoms with Crippen molar-refractivity contribution in [2.24, 2.45) is 0 Å². The molecule has 0 heterocycles. The van der Waals surface area contributed by atoms with Crippen molar-refractivity contribution < 1.29 is 0 Å². The molecule has 0 unspecified atom stereocenters. The third-order valence-corrected chi connectivity index (χ3v) is 18.1. The summed E-state index contributed by atoms with van der Waals surface area (Å²) in [6.07, 6.45) is 25.1. The summed E-state index contributed by atoms with van der Waals surface area (Å²) >= 11 is 0. The Bertz CT molecular complexity index is 794. The molecule has 0 atom stereocenters. The molecule has 0 radical (unpaired) electrons. The van der Waals surface area contributed by atoms with Gasteiger partial charge in [-0.1, -0.05) is 90.1 Å². The molecular formula is C34H54P2+2. The highest BCUT2D eigenvalue weighted by atomic mass is 31.2. The van der Waals surface area contributed by atoms with Crippen LogP contribution in [-0.2, 0) is 0 Å². The minimum Gasteiger partial charge on any atom is -0.0619 e. The van der Waals surface area contributed by atoms with Crippen LogP contribution in [0, 0.1) is 0 Å². The zero-order valence-electron chi connectivity index (χ0n) is 24.3. The van der Waals surface area contributed by atoms with Gasteiger partial charge in [-0.15, -0.1) is 0 Å². The van der Waals surface area contributed by atoms with E-state index in [2.05, 4.69) is 114 Å². The summed E-state index contributed by atoms with van der Waals surface area (Å²) in [5.41, 5.74) is 2.60. The van der Waals surface area contributed by atoms with Crippen molar-refractivity contribution in [3.63, 3.8) is 0 Å². The van der Waals surface area contributed by atoms with Crippen molar-refractivity contribution in [3.8, 4) is 0 Å². The van der Waals surface area contributed by atoms with Crippen LogP contribution < -0.4 is 10.6 Å². The van der Waals surface area contributed by atoms with Gasteiger partial charge in [0, 0.05) is 14.5 Å². The highest BCUT2D eigenvalue weighted by Crippen LogP contribution is 2.59. The van der Waals surface area contributed by atoms with E-state index in [0.29, 0.717) is 0 Å². The Balaban J connectivity index is 2.10. The first kappa shape index (κ1) is 31.0. The van der Waals surface area contributed by atoms with Crippen LogP contribution in [0.2, 0.25) is 0 Å². The molecule has 36 heavy (non-hydrogen) atoms. The van der Waals surface area contributed by atoms with Gasteiger partial charge in [0.25, 0.3) is 0 Å². The quantitative estimate of drug-likeness (QED) is 0.143. The Morgan fingerprint density at radius 2 is 0.667 bits per heavy atom. The number of benzene rings is 2. The number of rotatable bonds is 17. The van der Waals surface area contributed by atoms with E-state index in [0.717, 1.165) is 0 Å². The first-order valence-corrected chi connectivity index (χ1v) is 19.5. The van der Waals surface area contributed by atoms with E-state index < -0.39 is 14.5 Å². The Morgan fingerprint density at radius 3 is 0.889 bits per heavy atom. The third kappa shape index (κ3) is 8.67. The molecule has 2 aromatic rings. The lowest BCUT2D eigenvalue weighted by Crippen LogP contribution is -2.20. The van der Waals surface area contributed by atoms with Crippen LogP contribution in [0.3, 0.4) is 0 Å². The molecule has 0 saturated carbocycles. The van der Waals surface area contributed by atoms with E-state index in [1.807, 2.05) is 0 Å². The maximum atomic E-state index is 2.44. The number of hydrogen-bond acceptors (Lipinski definition) is 0. The molecule has 0 spiro atoms. The molecule has 198 valence electrons. The van der Waals surface area contributed by atoms with E-state index >= 15 is 0 Å². The Kier molecular flexibility index (Phi) is 14.3. The number of hydrogen-bond donors (Lipinski definition) is 0. The van der Waals surface area contributed by atoms with E-state index in [4.69, 9.17) is 0 Å². The summed E-state index contributed by atoms with van der Waals surface area (Å²) in [5.74, 6) is 0. The molecule has 0 fully saturated rings. The Hall–Kier alpha value is -1.22. The maximum Gasteiger partial charge on any atom is 0.0939 e. The molecule has 0 N–H and O–H groups in total. The molecule has 0 aliphatic heterocycles. The summed E-state index contributed by atoms with van der Waals surface area (Å²) < 4.78 is 0. The molecule has 0 aliphatic carbocycles. The van der Waals surface area contributed by atoms with Crippen LogP contribution in [0.25, 0.3) is 12.2 Å². The van der Waals surface area contributed by atoms with Crippen LogP contribution in [0.15, 0.2) is 60.7 Å². The highest BCUT2D eigenvalue weighted by molar-refractivity contribution is 7.83. The van der Waals surface area contributed by atoms with Crippen molar-refractivity contribution in [2.75, 3.05) is 37.0 Å². The molecule has 0 saturated heterocycles. The van der Waals surface area contributed by atoms with Crippen LogP contribution in [0.4, 0.5) is 0 Å². The van der Waals surface area contributed by atoms with Crippen molar-refractivity contribution in [2.45, 2.75) is 80.1 Å². The second-order valence-corrected chi connectivity index (χ2v) is 18.8. The minimum absolute atomic E-state index is 1.01. The SMILES string of the molecule is CCC[P+](CCC)(CCC)c1ccc(C=CC=Cc2ccc([P+](CCC)(CCC)CCC)cc2)cc1. The van der Waals surface area contributed by atoms with Crippen molar-refractivity contribution in [3.05, 3.63) is 71.8 Å². The Labute approximate surface area is 225 Å². The van der Waals surface area contributed by atoms with Gasteiger partial charge in [-0.25, -0.2) is 0 Å². The van der Waals surface area contributed by atoms with Crippen molar-refractivity contribution >= 4 is 37.3 Å². The summed E-state index contributed by atoms with van der Waals surface area (Å²) in [6.45, 7) is 14.1. The van der Waals surface area contributed by atoms with Gasteiger partial charge in [0.1, 0.15) is 0 Å². The predicted octanol–water partition coefficient (Wildman–Crippen LogP) is 10.2. The van der Waals surface area contributed by atoms with Crippen LogP contribution >= 0.6 is 14.5 Å². The summed E-state index contributed by atoms with van der Waals surface area (Å²) in [4.78, 5) is 0. The van der Waals surface area contributed by atoms with Gasteiger partial charge in [-0.2, -0.15) is 0 Å². The second-order valence-electron chi connectivity index (χ2n) is 10.5. The molecule has 0 aliphatic rings. The number of allylic oxidation sites excluding steroid dienone is 2. The smallest absolute Gasteiger partial charge is 0.0619 e. The molecule has 2 rings (SSSR count). The lowest BCUT2D eigenvalue weighted by molar-refractivity contribution is 1.00. The van der Waals surface area contributed by atoms with Crippen molar-refractivity contribution in [1.29, 1.82) is 0 Å². The first-order chi connectivity index (χ1) is 17.5. The van der Waals surface area contributed by atoms with E-state index in [-0.39, 0.29) is 0 Å². The molecule has 0 aromatic heterocycles. The Morgan fingerprint density at radius 1 is 0.417 bits per heavy atom. The van der Waals surface area contributed by atoms with Crippen LogP contribution in [0.5, 0.6) is 0 Å². The van der Waals surface area contributed by atoms with Gasteiger partial charge in [0.15, 0.2) is 0 Å². The molecule has 0 nitrogen and oxygen atoms in total. The summed E-state index contributed by atoms with van der Waals surface area (Å²) in [5, 5.41) is 3.29. The largest absolute Gasteiger partial charge is 0.0939 e. The maximum absolute atomic E-state index is 2.44.